The second kappa shape index (κ2) is 6.21. The van der Waals surface area contributed by atoms with Crippen LogP contribution in [-0.2, 0) is 0 Å². The fourth-order valence-electron chi connectivity index (χ4n) is 2.45. The monoisotopic (exact) mass is 250 g/mol. The number of aliphatic hydroxyl groups is 1. The van der Waals surface area contributed by atoms with Crippen LogP contribution in [0.2, 0.25) is 0 Å². The molecule has 3 nitrogen and oxygen atoms in total. The van der Waals surface area contributed by atoms with Gasteiger partial charge < -0.3 is 15.7 Å². The first kappa shape index (κ1) is 15.0. The van der Waals surface area contributed by atoms with E-state index in [1.165, 1.54) is 11.3 Å². The predicted octanol–water partition coefficient (Wildman–Crippen LogP) is 2.31. The number of benzene rings is 1. The van der Waals surface area contributed by atoms with Gasteiger partial charge in [-0.05, 0) is 45.7 Å². The van der Waals surface area contributed by atoms with Crippen molar-refractivity contribution in [2.45, 2.75) is 45.7 Å². The average Bonchev–Trinajstić information content (AvgIpc) is 2.32. The quantitative estimate of drug-likeness (QED) is 0.814. The molecule has 2 unspecified atom stereocenters. The average molecular weight is 250 g/mol. The molecule has 0 heterocycles. The van der Waals surface area contributed by atoms with Gasteiger partial charge in [-0.3, -0.25) is 0 Å². The number of nitrogens with zero attached hydrogens (tertiary/aromatic N) is 1. The molecule has 3 heteroatoms. The number of hydrogen-bond acceptors (Lipinski definition) is 3. The van der Waals surface area contributed by atoms with E-state index in [0.29, 0.717) is 6.04 Å². The molecule has 1 rings (SSSR count). The number of aryl methyl sites for hydroxylation is 1. The molecular formula is C15H26N2O. The summed E-state index contributed by atoms with van der Waals surface area (Å²) >= 11 is 0. The van der Waals surface area contributed by atoms with Crippen molar-refractivity contribution in [3.8, 4) is 0 Å². The highest BCUT2D eigenvalue weighted by molar-refractivity contribution is 5.53. The van der Waals surface area contributed by atoms with Crippen molar-refractivity contribution in [3.63, 3.8) is 0 Å². The van der Waals surface area contributed by atoms with E-state index in [2.05, 4.69) is 49.9 Å². The molecule has 0 saturated heterocycles. The molecule has 2 atom stereocenters. The second-order valence-electron chi connectivity index (χ2n) is 5.44. The molecule has 1 aromatic rings. The van der Waals surface area contributed by atoms with Gasteiger partial charge in [0, 0.05) is 23.8 Å². The van der Waals surface area contributed by atoms with Crippen LogP contribution in [0.4, 0.5) is 5.69 Å². The van der Waals surface area contributed by atoms with E-state index in [1.54, 1.807) is 0 Å². The number of nitrogens with two attached hydrogens (primary N) is 1. The lowest BCUT2D eigenvalue weighted by Gasteiger charge is -2.36. The highest BCUT2D eigenvalue weighted by Crippen LogP contribution is 2.24. The first-order valence-corrected chi connectivity index (χ1v) is 6.63. The Labute approximate surface area is 111 Å². The third-order valence-corrected chi connectivity index (χ3v) is 3.42. The van der Waals surface area contributed by atoms with Crippen molar-refractivity contribution in [2.75, 3.05) is 18.1 Å². The zero-order chi connectivity index (χ0) is 13.8. The van der Waals surface area contributed by atoms with E-state index in [1.807, 2.05) is 6.92 Å². The van der Waals surface area contributed by atoms with Gasteiger partial charge >= 0.3 is 0 Å². The van der Waals surface area contributed by atoms with Gasteiger partial charge in [0.25, 0.3) is 0 Å². The smallest absolute Gasteiger partial charge is 0.0609 e. The summed E-state index contributed by atoms with van der Waals surface area (Å²) in [4.78, 5) is 2.34. The van der Waals surface area contributed by atoms with Gasteiger partial charge in [0.05, 0.1) is 6.61 Å². The SMILES string of the molecule is CCN(c1ccccc1C)C(C)CC(C)(N)CO. The largest absolute Gasteiger partial charge is 0.394 e. The molecule has 0 fully saturated rings. The third-order valence-electron chi connectivity index (χ3n) is 3.42. The lowest BCUT2D eigenvalue weighted by atomic mass is 9.94. The Kier molecular flexibility index (Phi) is 5.17. The summed E-state index contributed by atoms with van der Waals surface area (Å²) in [6, 6.07) is 8.68. The Morgan fingerprint density at radius 3 is 2.50 bits per heavy atom. The van der Waals surface area contributed by atoms with Crippen LogP contribution in [0, 0.1) is 6.92 Å². The summed E-state index contributed by atoms with van der Waals surface area (Å²) in [6.45, 7) is 9.29. The summed E-state index contributed by atoms with van der Waals surface area (Å²) in [7, 11) is 0. The second-order valence-corrected chi connectivity index (χ2v) is 5.44. The minimum absolute atomic E-state index is 0.0165. The van der Waals surface area contributed by atoms with Gasteiger partial charge in [0.2, 0.25) is 0 Å². The van der Waals surface area contributed by atoms with E-state index in [4.69, 9.17) is 5.73 Å². The van der Waals surface area contributed by atoms with Crippen molar-refractivity contribution >= 4 is 5.69 Å². The molecule has 0 aliphatic carbocycles. The predicted molar refractivity (Wildman–Crippen MR) is 78.0 cm³/mol. The van der Waals surface area contributed by atoms with Gasteiger partial charge in [0.15, 0.2) is 0 Å². The molecule has 102 valence electrons. The maximum atomic E-state index is 9.28. The van der Waals surface area contributed by atoms with Crippen LogP contribution in [0.25, 0.3) is 0 Å². The minimum atomic E-state index is -0.518. The molecule has 1 aromatic carbocycles. The fraction of sp³-hybridized carbons (Fsp3) is 0.600. The van der Waals surface area contributed by atoms with E-state index in [-0.39, 0.29) is 6.61 Å². The fourth-order valence-corrected chi connectivity index (χ4v) is 2.45. The van der Waals surface area contributed by atoms with Crippen LogP contribution in [0.3, 0.4) is 0 Å². The van der Waals surface area contributed by atoms with Gasteiger partial charge in [-0.15, -0.1) is 0 Å². The summed E-state index contributed by atoms with van der Waals surface area (Å²) in [5, 5.41) is 9.28. The lowest BCUT2D eigenvalue weighted by molar-refractivity contribution is 0.193. The highest BCUT2D eigenvalue weighted by Gasteiger charge is 2.24. The van der Waals surface area contributed by atoms with Crippen molar-refractivity contribution in [2.24, 2.45) is 5.73 Å². The maximum Gasteiger partial charge on any atom is 0.0609 e. The van der Waals surface area contributed by atoms with Gasteiger partial charge in [-0.25, -0.2) is 0 Å². The third kappa shape index (κ3) is 3.72. The van der Waals surface area contributed by atoms with Crippen molar-refractivity contribution in [1.82, 2.24) is 0 Å². The lowest BCUT2D eigenvalue weighted by Crippen LogP contribution is -2.47. The van der Waals surface area contributed by atoms with Crippen LogP contribution < -0.4 is 10.6 Å². The van der Waals surface area contributed by atoms with E-state index in [9.17, 15) is 5.11 Å². The molecule has 0 aromatic heterocycles. The zero-order valence-corrected chi connectivity index (χ0v) is 12.0. The molecule has 0 radical (unpaired) electrons. The van der Waals surface area contributed by atoms with Crippen LogP contribution in [0.1, 0.15) is 32.8 Å². The Bertz CT molecular complexity index is 377. The van der Waals surface area contributed by atoms with Crippen molar-refractivity contribution in [1.29, 1.82) is 0 Å². The van der Waals surface area contributed by atoms with E-state index in [0.717, 1.165) is 13.0 Å². The van der Waals surface area contributed by atoms with E-state index < -0.39 is 5.54 Å². The Morgan fingerprint density at radius 2 is 2.00 bits per heavy atom. The topological polar surface area (TPSA) is 49.5 Å². The van der Waals surface area contributed by atoms with Crippen LogP contribution in [0.15, 0.2) is 24.3 Å². The number of hydrogen-bond donors (Lipinski definition) is 2. The number of aliphatic hydroxyl groups excluding tert-OH is 1. The molecular weight excluding hydrogens is 224 g/mol. The van der Waals surface area contributed by atoms with Gasteiger partial charge in [0.1, 0.15) is 0 Å². The Hall–Kier alpha value is -1.06. The first-order valence-electron chi connectivity index (χ1n) is 6.63. The zero-order valence-electron chi connectivity index (χ0n) is 12.0. The molecule has 0 amide bonds. The molecule has 0 aliphatic heterocycles. The van der Waals surface area contributed by atoms with E-state index >= 15 is 0 Å². The van der Waals surface area contributed by atoms with Crippen molar-refractivity contribution < 1.29 is 5.11 Å². The molecule has 0 bridgehead atoms. The van der Waals surface area contributed by atoms with Crippen LogP contribution in [-0.4, -0.2) is 29.8 Å². The molecule has 18 heavy (non-hydrogen) atoms. The molecule has 0 saturated carbocycles. The summed E-state index contributed by atoms with van der Waals surface area (Å²) in [6.07, 6.45) is 0.770. The molecule has 0 aliphatic rings. The molecule has 0 spiro atoms. The summed E-state index contributed by atoms with van der Waals surface area (Å²) in [5.41, 5.74) is 8.05. The normalized spacial score (nSPS) is 16.1. The van der Waals surface area contributed by atoms with Gasteiger partial charge in [-0.2, -0.15) is 0 Å². The molecule has 3 N–H and O–H groups in total. The Balaban J connectivity index is 2.87. The van der Waals surface area contributed by atoms with Gasteiger partial charge in [-0.1, -0.05) is 18.2 Å². The number of para-hydroxylation sites is 1. The number of anilines is 1. The summed E-state index contributed by atoms with van der Waals surface area (Å²) < 4.78 is 0. The summed E-state index contributed by atoms with van der Waals surface area (Å²) in [5.74, 6) is 0. The van der Waals surface area contributed by atoms with Crippen LogP contribution in [0.5, 0.6) is 0 Å². The van der Waals surface area contributed by atoms with Crippen LogP contribution >= 0.6 is 0 Å². The van der Waals surface area contributed by atoms with Crippen molar-refractivity contribution in [3.05, 3.63) is 29.8 Å². The first-order chi connectivity index (χ1) is 8.41. The Morgan fingerprint density at radius 1 is 1.39 bits per heavy atom. The standard InChI is InChI=1S/C15H26N2O/c1-5-17(13(3)10-15(4,16)11-18)14-9-7-6-8-12(14)2/h6-9,13,18H,5,10-11,16H2,1-4H3. The highest BCUT2D eigenvalue weighted by atomic mass is 16.3. The minimum Gasteiger partial charge on any atom is -0.394 e. The number of rotatable bonds is 6. The maximum absolute atomic E-state index is 9.28.